The summed E-state index contributed by atoms with van der Waals surface area (Å²) < 4.78 is 5.98. The van der Waals surface area contributed by atoms with Gasteiger partial charge in [-0.3, -0.25) is 5.10 Å². The Hall–Kier alpha value is -3.65. The fourth-order valence-corrected chi connectivity index (χ4v) is 3.19. The van der Waals surface area contributed by atoms with Crippen LogP contribution < -0.4 is 11.1 Å². The van der Waals surface area contributed by atoms with Crippen LogP contribution in [0.1, 0.15) is 0 Å². The highest BCUT2D eigenvalue weighted by molar-refractivity contribution is 6.34. The number of nitrogens with two attached hydrogens (primary N) is 1. The molecule has 4 heterocycles. The molecule has 0 atom stereocenters. The second-order valence-corrected chi connectivity index (χ2v) is 6.20. The van der Waals surface area contributed by atoms with E-state index in [1.807, 2.05) is 12.1 Å². The molecule has 1 aromatic carbocycles. The topological polar surface area (TPSA) is 119 Å². The summed E-state index contributed by atoms with van der Waals surface area (Å²) in [6.07, 6.45) is 6.63. The molecule has 5 aromatic rings. The number of halogens is 1. The third-order valence-corrected chi connectivity index (χ3v) is 4.51. The average molecular weight is 378 g/mol. The van der Waals surface area contributed by atoms with E-state index in [0.29, 0.717) is 28.5 Å². The van der Waals surface area contributed by atoms with Gasteiger partial charge < -0.3 is 15.5 Å². The summed E-state index contributed by atoms with van der Waals surface area (Å²) in [6.45, 7) is 0. The van der Waals surface area contributed by atoms with Gasteiger partial charge in [0.25, 0.3) is 0 Å². The lowest BCUT2D eigenvalue weighted by molar-refractivity contribution is 0.625. The summed E-state index contributed by atoms with van der Waals surface area (Å²) in [7, 11) is 0. The Bertz CT molecular complexity index is 1280. The standard InChI is InChI=1S/C18H12ClN7O/c19-17-15-9(4-7-21-17)14(16(27-15)18-22-5-1-6-23-18)25-12-3-2-11(20)13-10(12)8-24-26-13/h1-8,25H,20H2,(H,24,26). The summed E-state index contributed by atoms with van der Waals surface area (Å²) in [5.41, 5.74) is 9.34. The number of hydrogen-bond donors (Lipinski definition) is 3. The smallest absolute Gasteiger partial charge is 0.197 e. The lowest BCUT2D eigenvalue weighted by Gasteiger charge is -2.09. The van der Waals surface area contributed by atoms with Crippen LogP contribution in [0, 0.1) is 0 Å². The van der Waals surface area contributed by atoms with Crippen molar-refractivity contribution < 1.29 is 4.42 Å². The van der Waals surface area contributed by atoms with Crippen molar-refractivity contribution in [2.75, 3.05) is 11.1 Å². The van der Waals surface area contributed by atoms with Crippen molar-refractivity contribution in [2.45, 2.75) is 0 Å². The molecule has 4 aromatic heterocycles. The van der Waals surface area contributed by atoms with Crippen LogP contribution >= 0.6 is 11.6 Å². The number of nitrogen functional groups attached to an aromatic ring is 1. The molecule has 0 amide bonds. The van der Waals surface area contributed by atoms with Crippen LogP contribution in [-0.4, -0.2) is 25.1 Å². The highest BCUT2D eigenvalue weighted by atomic mass is 35.5. The quantitative estimate of drug-likeness (QED) is 0.319. The fourth-order valence-electron chi connectivity index (χ4n) is 2.99. The molecule has 0 bridgehead atoms. The third kappa shape index (κ3) is 2.46. The monoisotopic (exact) mass is 377 g/mol. The highest BCUT2D eigenvalue weighted by Crippen LogP contribution is 2.41. The number of pyridine rings is 1. The van der Waals surface area contributed by atoms with Gasteiger partial charge in [-0.1, -0.05) is 11.6 Å². The van der Waals surface area contributed by atoms with Crippen molar-refractivity contribution in [3.63, 3.8) is 0 Å². The number of benzene rings is 1. The van der Waals surface area contributed by atoms with E-state index < -0.39 is 0 Å². The highest BCUT2D eigenvalue weighted by Gasteiger charge is 2.21. The average Bonchev–Trinajstić information content (AvgIpc) is 3.32. The Morgan fingerprint density at radius 3 is 2.74 bits per heavy atom. The summed E-state index contributed by atoms with van der Waals surface area (Å²) in [4.78, 5) is 12.7. The van der Waals surface area contributed by atoms with E-state index in [4.69, 9.17) is 21.8 Å². The molecule has 0 aliphatic rings. The van der Waals surface area contributed by atoms with E-state index in [2.05, 4.69) is 30.5 Å². The van der Waals surface area contributed by atoms with E-state index in [1.165, 1.54) is 0 Å². The second kappa shape index (κ2) is 5.96. The van der Waals surface area contributed by atoms with Crippen LogP contribution in [0.3, 0.4) is 0 Å². The first kappa shape index (κ1) is 15.6. The van der Waals surface area contributed by atoms with Crippen molar-refractivity contribution in [1.29, 1.82) is 0 Å². The van der Waals surface area contributed by atoms with Crippen molar-refractivity contribution >= 4 is 50.5 Å². The number of nitrogens with one attached hydrogen (secondary N) is 2. The van der Waals surface area contributed by atoms with Gasteiger partial charge in [0.15, 0.2) is 22.3 Å². The number of rotatable bonds is 3. The SMILES string of the molecule is Nc1ccc(Nc2c(-c3ncccn3)oc3c(Cl)nccc23)c2cn[nH]c12. The fraction of sp³-hybridized carbons (Fsp3) is 0. The Labute approximate surface area is 157 Å². The first-order chi connectivity index (χ1) is 13.2. The number of aromatic amines is 1. The lowest BCUT2D eigenvalue weighted by atomic mass is 10.1. The molecule has 0 saturated heterocycles. The first-order valence-corrected chi connectivity index (χ1v) is 8.43. The number of furan rings is 1. The Morgan fingerprint density at radius 2 is 1.89 bits per heavy atom. The minimum atomic E-state index is 0.267. The van der Waals surface area contributed by atoms with Gasteiger partial charge in [-0.2, -0.15) is 5.10 Å². The molecule has 0 saturated carbocycles. The number of aromatic nitrogens is 5. The molecule has 0 fully saturated rings. The predicted octanol–water partition coefficient (Wildman–Crippen LogP) is 4.14. The zero-order chi connectivity index (χ0) is 18.4. The zero-order valence-corrected chi connectivity index (χ0v) is 14.5. The van der Waals surface area contributed by atoms with Crippen LogP contribution in [0.15, 0.2) is 53.5 Å². The van der Waals surface area contributed by atoms with Gasteiger partial charge in [0.2, 0.25) is 0 Å². The van der Waals surface area contributed by atoms with Crippen LogP contribution in [-0.2, 0) is 0 Å². The molecule has 4 N–H and O–H groups in total. The Kier molecular flexibility index (Phi) is 3.44. The Balaban J connectivity index is 1.75. The maximum atomic E-state index is 6.23. The van der Waals surface area contributed by atoms with Gasteiger partial charge in [-0.15, -0.1) is 0 Å². The molecule has 0 spiro atoms. The largest absolute Gasteiger partial charge is 0.447 e. The molecule has 0 unspecified atom stereocenters. The molecule has 0 aliphatic carbocycles. The number of anilines is 3. The van der Waals surface area contributed by atoms with Gasteiger partial charge in [-0.25, -0.2) is 15.0 Å². The lowest BCUT2D eigenvalue weighted by Crippen LogP contribution is -1.95. The Morgan fingerprint density at radius 1 is 1.04 bits per heavy atom. The molecule has 132 valence electrons. The third-order valence-electron chi connectivity index (χ3n) is 4.24. The maximum Gasteiger partial charge on any atom is 0.197 e. The van der Waals surface area contributed by atoms with Gasteiger partial charge in [0.1, 0.15) is 0 Å². The second-order valence-electron chi connectivity index (χ2n) is 5.84. The minimum Gasteiger partial charge on any atom is -0.447 e. The molecule has 8 nitrogen and oxygen atoms in total. The number of H-pyrrole nitrogens is 1. The van der Waals surface area contributed by atoms with Crippen molar-refractivity contribution in [3.8, 4) is 11.6 Å². The number of fused-ring (bicyclic) bond motifs is 2. The van der Waals surface area contributed by atoms with Crippen molar-refractivity contribution in [3.05, 3.63) is 54.2 Å². The summed E-state index contributed by atoms with van der Waals surface area (Å²) >= 11 is 6.23. The van der Waals surface area contributed by atoms with E-state index in [-0.39, 0.29) is 5.15 Å². The van der Waals surface area contributed by atoms with Crippen LogP contribution in [0.5, 0.6) is 0 Å². The minimum absolute atomic E-state index is 0.267. The molecular weight excluding hydrogens is 366 g/mol. The van der Waals surface area contributed by atoms with Crippen molar-refractivity contribution in [1.82, 2.24) is 25.1 Å². The molecule has 0 aliphatic heterocycles. The summed E-state index contributed by atoms with van der Waals surface area (Å²) in [5, 5.41) is 12.3. The van der Waals surface area contributed by atoms with Gasteiger partial charge in [-0.05, 0) is 24.3 Å². The van der Waals surface area contributed by atoms with Gasteiger partial charge >= 0.3 is 0 Å². The van der Waals surface area contributed by atoms with Crippen LogP contribution in [0.25, 0.3) is 33.5 Å². The zero-order valence-electron chi connectivity index (χ0n) is 13.8. The van der Waals surface area contributed by atoms with Crippen molar-refractivity contribution in [2.24, 2.45) is 0 Å². The molecular formula is C18H12ClN7O. The summed E-state index contributed by atoms with van der Waals surface area (Å²) in [6, 6.07) is 7.24. The van der Waals surface area contributed by atoms with Gasteiger partial charge in [0.05, 0.1) is 23.1 Å². The van der Waals surface area contributed by atoms with E-state index >= 15 is 0 Å². The number of nitrogens with zero attached hydrogens (tertiary/aromatic N) is 4. The predicted molar refractivity (Wildman–Crippen MR) is 104 cm³/mol. The van der Waals surface area contributed by atoms with E-state index in [9.17, 15) is 0 Å². The van der Waals surface area contributed by atoms with E-state index in [0.717, 1.165) is 22.0 Å². The summed E-state index contributed by atoms with van der Waals surface area (Å²) in [5.74, 6) is 0.903. The first-order valence-electron chi connectivity index (χ1n) is 8.05. The van der Waals surface area contributed by atoms with Gasteiger partial charge in [0, 0.05) is 35.1 Å². The normalized spacial score (nSPS) is 11.3. The number of hydrogen-bond acceptors (Lipinski definition) is 7. The van der Waals surface area contributed by atoms with E-state index in [1.54, 1.807) is 36.9 Å². The van der Waals surface area contributed by atoms with Crippen LogP contribution in [0.4, 0.5) is 17.1 Å². The molecule has 9 heteroatoms. The molecule has 27 heavy (non-hydrogen) atoms. The molecule has 0 radical (unpaired) electrons. The van der Waals surface area contributed by atoms with Crippen LogP contribution in [0.2, 0.25) is 5.15 Å². The maximum absolute atomic E-state index is 6.23. The molecule has 5 rings (SSSR count).